The van der Waals surface area contributed by atoms with Gasteiger partial charge >= 0.3 is 0 Å². The van der Waals surface area contributed by atoms with E-state index in [2.05, 4.69) is 15.9 Å². The zero-order chi connectivity index (χ0) is 14.7. The van der Waals surface area contributed by atoms with E-state index < -0.39 is 35.4 Å². The topological polar surface area (TPSA) is 26.3 Å². The summed E-state index contributed by atoms with van der Waals surface area (Å²) in [7, 11) is 0. The molecule has 0 amide bonds. The number of halogens is 4. The van der Waals surface area contributed by atoms with Gasteiger partial charge in [0.25, 0.3) is 0 Å². The van der Waals surface area contributed by atoms with Crippen LogP contribution in [-0.4, -0.2) is 12.4 Å². The molecule has 0 bridgehead atoms. The standard InChI is InChI=1S/C14H8BrF3O2/c15-9-5-4-8(6-12(9)18)20-7-13(19)14-10(16)2-1-3-11(14)17/h1-6H,7H2. The van der Waals surface area contributed by atoms with E-state index in [1.165, 1.54) is 12.1 Å². The first-order chi connectivity index (χ1) is 9.49. The number of carbonyl (C=O) groups excluding carboxylic acids is 1. The lowest BCUT2D eigenvalue weighted by atomic mass is 10.1. The van der Waals surface area contributed by atoms with Crippen molar-refractivity contribution in [1.82, 2.24) is 0 Å². The predicted octanol–water partition coefficient (Wildman–Crippen LogP) is 4.13. The summed E-state index contributed by atoms with van der Waals surface area (Å²) in [6, 6.07) is 7.02. The minimum atomic E-state index is -0.958. The van der Waals surface area contributed by atoms with Crippen molar-refractivity contribution in [3.05, 3.63) is 63.9 Å². The molecule has 2 aromatic carbocycles. The highest BCUT2D eigenvalue weighted by molar-refractivity contribution is 9.10. The van der Waals surface area contributed by atoms with Crippen molar-refractivity contribution in [2.75, 3.05) is 6.61 Å². The molecule has 0 saturated carbocycles. The van der Waals surface area contributed by atoms with Crippen molar-refractivity contribution < 1.29 is 22.7 Å². The van der Waals surface area contributed by atoms with E-state index in [1.807, 2.05) is 0 Å². The molecular formula is C14H8BrF3O2. The zero-order valence-electron chi connectivity index (χ0n) is 10.00. The van der Waals surface area contributed by atoms with E-state index in [-0.39, 0.29) is 10.2 Å². The second kappa shape index (κ2) is 6.09. The van der Waals surface area contributed by atoms with E-state index >= 15 is 0 Å². The summed E-state index contributed by atoms with van der Waals surface area (Å²) in [5.41, 5.74) is -0.662. The largest absolute Gasteiger partial charge is 0.485 e. The SMILES string of the molecule is O=C(COc1ccc(Br)c(F)c1)c1c(F)cccc1F. The van der Waals surface area contributed by atoms with Crippen LogP contribution in [0.5, 0.6) is 5.75 Å². The first-order valence-electron chi connectivity index (χ1n) is 5.54. The Balaban J connectivity index is 2.11. The molecule has 20 heavy (non-hydrogen) atoms. The summed E-state index contributed by atoms with van der Waals surface area (Å²) in [4.78, 5) is 11.7. The van der Waals surface area contributed by atoms with Crippen LogP contribution in [0.15, 0.2) is 40.9 Å². The third-order valence-corrected chi connectivity index (χ3v) is 3.15. The summed E-state index contributed by atoms with van der Waals surface area (Å²) in [5.74, 6) is -3.24. The van der Waals surface area contributed by atoms with Crippen LogP contribution < -0.4 is 4.74 Å². The molecule has 0 unspecified atom stereocenters. The van der Waals surface area contributed by atoms with Gasteiger partial charge in [-0.15, -0.1) is 0 Å². The highest BCUT2D eigenvalue weighted by Gasteiger charge is 2.17. The molecule has 2 nitrogen and oxygen atoms in total. The fraction of sp³-hybridized carbons (Fsp3) is 0.0714. The molecule has 0 N–H and O–H groups in total. The normalized spacial score (nSPS) is 10.4. The van der Waals surface area contributed by atoms with Crippen LogP contribution in [0.3, 0.4) is 0 Å². The average Bonchev–Trinajstić information content (AvgIpc) is 2.40. The molecule has 0 atom stereocenters. The summed E-state index contributed by atoms with van der Waals surface area (Å²) in [6.07, 6.45) is 0. The lowest BCUT2D eigenvalue weighted by Crippen LogP contribution is -2.15. The van der Waals surface area contributed by atoms with Crippen LogP contribution in [0.25, 0.3) is 0 Å². The molecule has 0 aliphatic rings. The van der Waals surface area contributed by atoms with E-state index in [4.69, 9.17) is 4.74 Å². The Morgan fingerprint density at radius 3 is 2.30 bits per heavy atom. The molecule has 0 aliphatic carbocycles. The van der Waals surface area contributed by atoms with E-state index in [1.54, 1.807) is 0 Å². The monoisotopic (exact) mass is 344 g/mol. The Morgan fingerprint density at radius 1 is 1.05 bits per heavy atom. The molecule has 0 spiro atoms. The van der Waals surface area contributed by atoms with Gasteiger partial charge in [0.05, 0.1) is 10.0 Å². The Labute approximate surface area is 121 Å². The van der Waals surface area contributed by atoms with Crippen molar-refractivity contribution in [3.63, 3.8) is 0 Å². The van der Waals surface area contributed by atoms with Crippen LogP contribution in [-0.2, 0) is 0 Å². The van der Waals surface area contributed by atoms with Crippen molar-refractivity contribution >= 4 is 21.7 Å². The molecule has 104 valence electrons. The fourth-order valence-corrected chi connectivity index (χ4v) is 1.80. The van der Waals surface area contributed by atoms with Gasteiger partial charge in [-0.2, -0.15) is 0 Å². The van der Waals surface area contributed by atoms with Gasteiger partial charge in [-0.05, 0) is 40.2 Å². The van der Waals surface area contributed by atoms with Gasteiger partial charge in [-0.25, -0.2) is 13.2 Å². The number of hydrogen-bond acceptors (Lipinski definition) is 2. The van der Waals surface area contributed by atoms with Crippen molar-refractivity contribution in [1.29, 1.82) is 0 Å². The summed E-state index contributed by atoms with van der Waals surface area (Å²) < 4.78 is 45.2. The number of ether oxygens (including phenoxy) is 1. The maximum absolute atomic E-state index is 13.4. The Kier molecular flexibility index (Phi) is 4.44. The molecule has 2 rings (SSSR count). The number of carbonyl (C=O) groups is 1. The van der Waals surface area contributed by atoms with E-state index in [0.717, 1.165) is 24.3 Å². The second-order valence-corrected chi connectivity index (χ2v) is 4.74. The van der Waals surface area contributed by atoms with E-state index in [0.29, 0.717) is 0 Å². The number of Topliss-reactive ketones (excluding diaryl/α,β-unsaturated/α-hetero) is 1. The molecule has 6 heteroatoms. The van der Waals surface area contributed by atoms with Crippen LogP contribution in [0.4, 0.5) is 13.2 Å². The Hall–Kier alpha value is -1.82. The highest BCUT2D eigenvalue weighted by Crippen LogP contribution is 2.21. The van der Waals surface area contributed by atoms with Gasteiger partial charge in [0.1, 0.15) is 23.2 Å². The van der Waals surface area contributed by atoms with Gasteiger partial charge in [0.2, 0.25) is 5.78 Å². The molecule has 0 radical (unpaired) electrons. The van der Waals surface area contributed by atoms with Crippen LogP contribution in [0, 0.1) is 17.5 Å². The maximum Gasteiger partial charge on any atom is 0.206 e. The Morgan fingerprint density at radius 2 is 1.70 bits per heavy atom. The molecule has 0 heterocycles. The van der Waals surface area contributed by atoms with E-state index in [9.17, 15) is 18.0 Å². The molecule has 2 aromatic rings. The summed E-state index contributed by atoms with van der Waals surface area (Å²) in [5, 5.41) is 0. The number of benzene rings is 2. The molecular weight excluding hydrogens is 337 g/mol. The van der Waals surface area contributed by atoms with Crippen LogP contribution >= 0.6 is 15.9 Å². The quantitative estimate of drug-likeness (QED) is 0.779. The summed E-state index contributed by atoms with van der Waals surface area (Å²) >= 11 is 2.97. The van der Waals surface area contributed by atoms with Gasteiger partial charge in [0, 0.05) is 6.07 Å². The lowest BCUT2D eigenvalue weighted by molar-refractivity contribution is 0.0912. The molecule has 0 aliphatic heterocycles. The van der Waals surface area contributed by atoms with Crippen molar-refractivity contribution in [2.24, 2.45) is 0 Å². The van der Waals surface area contributed by atoms with Gasteiger partial charge < -0.3 is 4.74 Å². The minimum Gasteiger partial charge on any atom is -0.485 e. The third-order valence-electron chi connectivity index (χ3n) is 2.50. The van der Waals surface area contributed by atoms with Gasteiger partial charge in [-0.3, -0.25) is 4.79 Å². The highest BCUT2D eigenvalue weighted by atomic mass is 79.9. The average molecular weight is 345 g/mol. The fourth-order valence-electron chi connectivity index (χ4n) is 1.55. The first kappa shape index (κ1) is 14.6. The van der Waals surface area contributed by atoms with Crippen LogP contribution in [0.2, 0.25) is 0 Å². The number of hydrogen-bond donors (Lipinski definition) is 0. The van der Waals surface area contributed by atoms with Crippen molar-refractivity contribution in [2.45, 2.75) is 0 Å². The predicted molar refractivity (Wildman–Crippen MR) is 70.3 cm³/mol. The van der Waals surface area contributed by atoms with Crippen molar-refractivity contribution in [3.8, 4) is 5.75 Å². The zero-order valence-corrected chi connectivity index (χ0v) is 11.6. The molecule has 0 saturated heterocycles. The number of rotatable bonds is 4. The maximum atomic E-state index is 13.4. The summed E-state index contributed by atoms with van der Waals surface area (Å²) in [6.45, 7) is -0.584. The lowest BCUT2D eigenvalue weighted by Gasteiger charge is -2.07. The molecule has 0 fully saturated rings. The first-order valence-corrected chi connectivity index (χ1v) is 6.33. The Bertz CT molecular complexity index is 639. The van der Waals surface area contributed by atoms with Crippen LogP contribution in [0.1, 0.15) is 10.4 Å². The third kappa shape index (κ3) is 3.19. The van der Waals surface area contributed by atoms with Gasteiger partial charge in [-0.1, -0.05) is 6.07 Å². The number of ketones is 1. The smallest absolute Gasteiger partial charge is 0.206 e. The molecule has 0 aromatic heterocycles. The second-order valence-electron chi connectivity index (χ2n) is 3.88. The minimum absolute atomic E-state index is 0.0933. The van der Waals surface area contributed by atoms with Gasteiger partial charge in [0.15, 0.2) is 6.61 Å².